The van der Waals surface area contributed by atoms with Gasteiger partial charge in [-0.3, -0.25) is 0 Å². The van der Waals surface area contributed by atoms with Gasteiger partial charge in [0.15, 0.2) is 17.5 Å². The fourth-order valence-corrected chi connectivity index (χ4v) is 7.16. The Kier molecular flexibility index (Phi) is 6.78. The Morgan fingerprint density at radius 3 is 1.39 bits per heavy atom. The molecule has 0 N–H and O–H groups in total. The number of fused-ring (bicyclic) bond motifs is 7. The molecule has 4 nitrogen and oxygen atoms in total. The highest BCUT2D eigenvalue weighted by Gasteiger charge is 2.16. The minimum atomic E-state index is 0.628. The summed E-state index contributed by atoms with van der Waals surface area (Å²) in [6.45, 7) is 0. The van der Waals surface area contributed by atoms with E-state index in [-0.39, 0.29) is 0 Å². The van der Waals surface area contributed by atoms with E-state index in [9.17, 15) is 0 Å². The minimum Gasteiger partial charge on any atom is -0.456 e. The van der Waals surface area contributed by atoms with E-state index in [4.69, 9.17) is 19.4 Å². The van der Waals surface area contributed by atoms with Gasteiger partial charge in [0.25, 0.3) is 0 Å². The number of para-hydroxylation sites is 1. The van der Waals surface area contributed by atoms with Gasteiger partial charge in [-0.05, 0) is 56.6 Å². The molecule has 0 amide bonds. The number of aromatic nitrogens is 3. The van der Waals surface area contributed by atoms with Crippen LogP contribution in [-0.4, -0.2) is 15.0 Å². The normalized spacial score (nSPS) is 11.5. The van der Waals surface area contributed by atoms with Crippen molar-refractivity contribution in [1.82, 2.24) is 15.0 Å². The molecule has 8 aromatic carbocycles. The number of benzene rings is 8. The molecule has 238 valence electrons. The van der Waals surface area contributed by atoms with Crippen LogP contribution in [0.15, 0.2) is 180 Å². The maximum absolute atomic E-state index is 6.25. The highest BCUT2D eigenvalue weighted by atomic mass is 16.3. The predicted molar refractivity (Wildman–Crippen MR) is 209 cm³/mol. The molecule has 2 aromatic heterocycles. The Morgan fingerprint density at radius 1 is 0.294 bits per heavy atom. The zero-order valence-electron chi connectivity index (χ0n) is 27.5. The standard InChI is InChI=1S/C47H29N3O/c1-3-9-30(10-4-1)32-15-20-35(21-16-32)45-48-46(36-22-17-33(18-23-36)31-11-5-2-6-12-31)50-47(49-45)38-25-27-39-37(29-38)24-19-34-26-28-42-44(43(34)39)40-13-7-8-14-41(40)51-42/h1-29H. The molecule has 51 heavy (non-hydrogen) atoms. The van der Waals surface area contributed by atoms with E-state index in [0.717, 1.165) is 60.5 Å². The molecule has 0 saturated heterocycles. The molecule has 0 radical (unpaired) electrons. The quantitative estimate of drug-likeness (QED) is 0.174. The average molecular weight is 652 g/mol. The van der Waals surface area contributed by atoms with Crippen molar-refractivity contribution >= 4 is 43.5 Å². The van der Waals surface area contributed by atoms with Gasteiger partial charge in [0, 0.05) is 32.8 Å². The summed E-state index contributed by atoms with van der Waals surface area (Å²) in [7, 11) is 0. The lowest BCUT2D eigenvalue weighted by molar-refractivity contribution is 0.669. The summed E-state index contributed by atoms with van der Waals surface area (Å²) in [5, 5.41) is 6.91. The molecule has 0 aliphatic heterocycles. The molecular formula is C47H29N3O. The van der Waals surface area contributed by atoms with Gasteiger partial charge in [0.2, 0.25) is 0 Å². The van der Waals surface area contributed by atoms with Crippen molar-refractivity contribution in [2.45, 2.75) is 0 Å². The summed E-state index contributed by atoms with van der Waals surface area (Å²) in [4.78, 5) is 15.2. The average Bonchev–Trinajstić information content (AvgIpc) is 3.60. The fourth-order valence-electron chi connectivity index (χ4n) is 7.16. The molecular weight excluding hydrogens is 623 g/mol. The summed E-state index contributed by atoms with van der Waals surface area (Å²) in [6, 6.07) is 61.0. The molecule has 0 fully saturated rings. The van der Waals surface area contributed by atoms with Crippen LogP contribution in [0.5, 0.6) is 0 Å². The number of hydrogen-bond acceptors (Lipinski definition) is 4. The topological polar surface area (TPSA) is 51.8 Å². The molecule has 0 saturated carbocycles. The van der Waals surface area contributed by atoms with Crippen molar-refractivity contribution in [1.29, 1.82) is 0 Å². The van der Waals surface area contributed by atoms with Gasteiger partial charge in [-0.15, -0.1) is 0 Å². The minimum absolute atomic E-state index is 0.628. The van der Waals surface area contributed by atoms with Gasteiger partial charge in [-0.1, -0.05) is 158 Å². The summed E-state index contributed by atoms with van der Waals surface area (Å²) in [5.74, 6) is 1.89. The van der Waals surface area contributed by atoms with Crippen LogP contribution < -0.4 is 0 Å². The van der Waals surface area contributed by atoms with Crippen LogP contribution in [0.25, 0.3) is 99.9 Å². The fraction of sp³-hybridized carbons (Fsp3) is 0. The van der Waals surface area contributed by atoms with E-state index >= 15 is 0 Å². The summed E-state index contributed by atoms with van der Waals surface area (Å²) >= 11 is 0. The zero-order valence-corrected chi connectivity index (χ0v) is 27.5. The van der Waals surface area contributed by atoms with Crippen LogP contribution in [0, 0.1) is 0 Å². The van der Waals surface area contributed by atoms with Gasteiger partial charge in [-0.25, -0.2) is 15.0 Å². The first-order valence-corrected chi connectivity index (χ1v) is 17.1. The summed E-state index contributed by atoms with van der Waals surface area (Å²) < 4.78 is 6.25. The van der Waals surface area contributed by atoms with Gasteiger partial charge >= 0.3 is 0 Å². The molecule has 2 heterocycles. The van der Waals surface area contributed by atoms with Crippen LogP contribution >= 0.6 is 0 Å². The van der Waals surface area contributed by atoms with Crippen LogP contribution in [0.3, 0.4) is 0 Å². The summed E-state index contributed by atoms with van der Waals surface area (Å²) in [6.07, 6.45) is 0. The van der Waals surface area contributed by atoms with Crippen molar-refractivity contribution < 1.29 is 4.42 Å². The molecule has 10 aromatic rings. The monoisotopic (exact) mass is 651 g/mol. The number of nitrogens with zero attached hydrogens (tertiary/aromatic N) is 3. The third-order valence-electron chi connectivity index (χ3n) is 9.73. The Labute approximate surface area is 294 Å². The first-order chi connectivity index (χ1) is 25.2. The predicted octanol–water partition coefficient (Wildman–Crippen LogP) is 12.4. The van der Waals surface area contributed by atoms with Crippen molar-refractivity contribution in [3.8, 4) is 56.4 Å². The van der Waals surface area contributed by atoms with Crippen LogP contribution in [0.1, 0.15) is 0 Å². The van der Waals surface area contributed by atoms with Gasteiger partial charge in [-0.2, -0.15) is 0 Å². The van der Waals surface area contributed by atoms with Crippen molar-refractivity contribution in [2.75, 3.05) is 0 Å². The van der Waals surface area contributed by atoms with Crippen molar-refractivity contribution in [3.05, 3.63) is 176 Å². The molecule has 0 bridgehead atoms. The second-order valence-corrected chi connectivity index (χ2v) is 12.8. The molecule has 0 spiro atoms. The third-order valence-corrected chi connectivity index (χ3v) is 9.73. The molecule has 0 atom stereocenters. The number of hydrogen-bond donors (Lipinski definition) is 0. The molecule has 0 aliphatic rings. The Balaban J connectivity index is 1.12. The maximum Gasteiger partial charge on any atom is 0.164 e. The Morgan fingerprint density at radius 2 is 0.765 bits per heavy atom. The second kappa shape index (κ2) is 11.9. The van der Waals surface area contributed by atoms with Crippen LogP contribution in [-0.2, 0) is 0 Å². The van der Waals surface area contributed by atoms with E-state index < -0.39 is 0 Å². The van der Waals surface area contributed by atoms with Crippen molar-refractivity contribution in [2.24, 2.45) is 0 Å². The highest BCUT2D eigenvalue weighted by molar-refractivity contribution is 6.26. The van der Waals surface area contributed by atoms with E-state index in [1.165, 1.54) is 21.9 Å². The Hall–Kier alpha value is -6.91. The SMILES string of the molecule is c1ccc(-c2ccc(-c3nc(-c4ccc(-c5ccccc5)cc4)nc(-c4ccc5c(ccc6ccc7oc8ccccc8c7c65)c4)n3)cc2)cc1. The van der Waals surface area contributed by atoms with Gasteiger partial charge < -0.3 is 4.42 Å². The molecule has 10 rings (SSSR count). The first-order valence-electron chi connectivity index (χ1n) is 17.1. The smallest absolute Gasteiger partial charge is 0.164 e. The van der Waals surface area contributed by atoms with Gasteiger partial charge in [0.1, 0.15) is 11.2 Å². The van der Waals surface area contributed by atoms with E-state index in [1.54, 1.807) is 0 Å². The maximum atomic E-state index is 6.25. The highest BCUT2D eigenvalue weighted by Crippen LogP contribution is 2.39. The zero-order chi connectivity index (χ0) is 33.7. The summed E-state index contributed by atoms with van der Waals surface area (Å²) in [5.41, 5.74) is 9.21. The van der Waals surface area contributed by atoms with Crippen LogP contribution in [0.4, 0.5) is 0 Å². The van der Waals surface area contributed by atoms with E-state index in [2.05, 4.69) is 152 Å². The van der Waals surface area contributed by atoms with Crippen molar-refractivity contribution in [3.63, 3.8) is 0 Å². The van der Waals surface area contributed by atoms with Gasteiger partial charge in [0.05, 0.1) is 0 Å². The Bertz CT molecular complexity index is 2780. The number of rotatable bonds is 5. The first kappa shape index (κ1) is 29.0. The lowest BCUT2D eigenvalue weighted by Crippen LogP contribution is -2.00. The lowest BCUT2D eigenvalue weighted by Gasteiger charge is -2.11. The van der Waals surface area contributed by atoms with Crippen LogP contribution in [0.2, 0.25) is 0 Å². The van der Waals surface area contributed by atoms with E-state index in [1.807, 2.05) is 24.3 Å². The molecule has 0 aliphatic carbocycles. The molecule has 0 unspecified atom stereocenters. The lowest BCUT2D eigenvalue weighted by atomic mass is 9.96. The third kappa shape index (κ3) is 5.13. The number of furan rings is 1. The second-order valence-electron chi connectivity index (χ2n) is 12.8. The largest absolute Gasteiger partial charge is 0.456 e. The molecule has 4 heteroatoms. The van der Waals surface area contributed by atoms with E-state index in [0.29, 0.717) is 17.5 Å².